The number of nitrogens with zero attached hydrogens (tertiary/aromatic N) is 2. The molecule has 2 amide bonds. The van der Waals surface area contributed by atoms with Crippen LogP contribution in [-0.4, -0.2) is 47.7 Å². The highest BCUT2D eigenvalue weighted by molar-refractivity contribution is 6.35. The third-order valence-corrected chi connectivity index (χ3v) is 8.00. The Morgan fingerprint density at radius 2 is 2.12 bits per heavy atom. The Labute approximate surface area is 203 Å². The van der Waals surface area contributed by atoms with Crippen molar-refractivity contribution < 1.29 is 19.1 Å². The van der Waals surface area contributed by atoms with Crippen molar-refractivity contribution in [2.75, 3.05) is 13.2 Å². The molecule has 5 atom stereocenters. The van der Waals surface area contributed by atoms with E-state index >= 15 is 0 Å². The summed E-state index contributed by atoms with van der Waals surface area (Å²) in [4.78, 5) is 39.8. The maximum Gasteiger partial charge on any atom is 0.261 e. The lowest BCUT2D eigenvalue weighted by molar-refractivity contribution is -0.142. The van der Waals surface area contributed by atoms with Gasteiger partial charge in [-0.25, -0.2) is 0 Å². The minimum absolute atomic E-state index is 0.0213. The lowest BCUT2D eigenvalue weighted by Gasteiger charge is -2.30. The number of Topliss-reactive ketones (excluding diaryl/α,β-unsaturated/α-hetero) is 1. The lowest BCUT2D eigenvalue weighted by atomic mass is 9.97. The molecule has 1 saturated heterocycles. The number of ketones is 1. The third kappa shape index (κ3) is 4.69. The number of halogens is 2. The molecule has 3 fully saturated rings. The molecule has 2 saturated carbocycles. The van der Waals surface area contributed by atoms with Crippen molar-refractivity contribution in [3.8, 4) is 11.8 Å². The maximum absolute atomic E-state index is 13.3. The van der Waals surface area contributed by atoms with E-state index in [1.165, 1.54) is 6.07 Å². The zero-order chi connectivity index (χ0) is 23.9. The molecule has 1 aliphatic heterocycles. The fraction of sp³-hybridized carbons (Fsp3) is 0.583. The van der Waals surface area contributed by atoms with Crippen LogP contribution >= 0.6 is 23.2 Å². The number of amides is 2. The smallest absolute Gasteiger partial charge is 0.261 e. The number of nitrogens with one attached hydrogen (secondary N) is 1. The van der Waals surface area contributed by atoms with Crippen molar-refractivity contribution in [1.29, 1.82) is 5.26 Å². The Hall–Kier alpha value is -2.30. The van der Waals surface area contributed by atoms with Crippen LogP contribution in [0.25, 0.3) is 0 Å². The molecule has 1 N–H and O–H groups in total. The van der Waals surface area contributed by atoms with Crippen LogP contribution in [0.4, 0.5) is 0 Å². The number of rotatable bonds is 7. The average Bonchev–Trinajstić information content (AvgIpc) is 3.12. The van der Waals surface area contributed by atoms with E-state index in [2.05, 4.69) is 25.2 Å². The highest BCUT2D eigenvalue weighted by atomic mass is 35.5. The van der Waals surface area contributed by atoms with Gasteiger partial charge in [-0.2, -0.15) is 5.26 Å². The number of nitriles is 1. The molecular weight excluding hydrogens is 465 g/mol. The molecule has 1 unspecified atom stereocenters. The van der Waals surface area contributed by atoms with Crippen molar-refractivity contribution in [2.24, 2.45) is 23.2 Å². The van der Waals surface area contributed by atoms with Crippen molar-refractivity contribution >= 4 is 40.8 Å². The standard InChI is InChI=1S/C24H27Cl2N3O4/c1-24(2)16-11-29(20(31)12-33-19-7-6-14(25)9-17(19)26)22(21(16)24)23(32)28-15(10-27)8-13-4-3-5-18(13)30/h6-7,9,13,15-16,21-22H,3-5,8,11-12H2,1-2H3,(H,28,32)/t13-,15-,16-,21-,22?/m0/s1. The van der Waals surface area contributed by atoms with E-state index in [4.69, 9.17) is 27.9 Å². The summed E-state index contributed by atoms with van der Waals surface area (Å²) in [5.41, 5.74) is -0.0529. The SMILES string of the molecule is CC1(C)[C@@H]2C(C(=O)N[C@H](C#N)C[C@@H]3CCCC3=O)N(C(=O)COc3ccc(Cl)cc3Cl)C[C@@H]21. The predicted octanol–water partition coefficient (Wildman–Crippen LogP) is 3.62. The Bertz CT molecular complexity index is 1020. The molecule has 0 radical (unpaired) electrons. The number of benzene rings is 1. The second-order valence-electron chi connectivity index (χ2n) is 9.79. The Balaban J connectivity index is 1.42. The molecule has 4 rings (SSSR count). The summed E-state index contributed by atoms with van der Waals surface area (Å²) in [7, 11) is 0. The first-order valence-electron chi connectivity index (χ1n) is 11.2. The van der Waals surface area contributed by atoms with E-state index in [-0.39, 0.29) is 47.4 Å². The van der Waals surface area contributed by atoms with Gasteiger partial charge in [0, 0.05) is 23.9 Å². The van der Waals surface area contributed by atoms with E-state index in [1.807, 2.05) is 0 Å². The molecule has 1 heterocycles. The molecule has 0 spiro atoms. The van der Waals surface area contributed by atoms with Crippen LogP contribution < -0.4 is 10.1 Å². The fourth-order valence-electron chi connectivity index (χ4n) is 5.48. The number of hydrogen-bond acceptors (Lipinski definition) is 5. The Morgan fingerprint density at radius 3 is 2.76 bits per heavy atom. The number of likely N-dealkylation sites (tertiary alicyclic amines) is 1. The normalized spacial score (nSPS) is 28.1. The van der Waals surface area contributed by atoms with Gasteiger partial charge in [-0.05, 0) is 54.7 Å². The van der Waals surface area contributed by atoms with E-state index < -0.39 is 12.1 Å². The summed E-state index contributed by atoms with van der Waals surface area (Å²) in [6, 6.07) is 5.43. The first-order chi connectivity index (χ1) is 15.6. The quantitative estimate of drug-likeness (QED) is 0.627. The Kier molecular flexibility index (Phi) is 6.61. The van der Waals surface area contributed by atoms with Crippen molar-refractivity contribution in [2.45, 2.75) is 51.6 Å². The van der Waals surface area contributed by atoms with E-state index in [0.717, 1.165) is 12.8 Å². The van der Waals surface area contributed by atoms with Crippen LogP contribution in [0.3, 0.4) is 0 Å². The molecule has 3 aliphatic rings. The van der Waals surface area contributed by atoms with Crippen LogP contribution in [0.2, 0.25) is 10.0 Å². The van der Waals surface area contributed by atoms with Gasteiger partial charge in [0.1, 0.15) is 23.6 Å². The number of piperidine rings is 1. The van der Waals surface area contributed by atoms with Gasteiger partial charge in [0.25, 0.3) is 5.91 Å². The monoisotopic (exact) mass is 491 g/mol. The van der Waals surface area contributed by atoms with Gasteiger partial charge >= 0.3 is 0 Å². The van der Waals surface area contributed by atoms with Crippen LogP contribution in [0.5, 0.6) is 5.75 Å². The van der Waals surface area contributed by atoms with Crippen molar-refractivity contribution in [3.63, 3.8) is 0 Å². The molecule has 0 aromatic heterocycles. The zero-order valence-corrected chi connectivity index (χ0v) is 20.2. The molecule has 176 valence electrons. The number of carbonyl (C=O) groups excluding carboxylic acids is 3. The molecule has 1 aromatic rings. The van der Waals surface area contributed by atoms with Crippen LogP contribution in [0, 0.1) is 34.5 Å². The second kappa shape index (κ2) is 9.15. The third-order valence-electron chi connectivity index (χ3n) is 7.47. The lowest BCUT2D eigenvalue weighted by Crippen LogP contribution is -2.53. The molecule has 0 bridgehead atoms. The van der Waals surface area contributed by atoms with Gasteiger partial charge in [0.2, 0.25) is 5.91 Å². The fourth-order valence-corrected chi connectivity index (χ4v) is 5.94. The topological polar surface area (TPSA) is 99.5 Å². The van der Waals surface area contributed by atoms with Gasteiger partial charge in [-0.15, -0.1) is 0 Å². The van der Waals surface area contributed by atoms with Gasteiger partial charge in [0.05, 0.1) is 11.1 Å². The summed E-state index contributed by atoms with van der Waals surface area (Å²) in [5.74, 6) is -0.110. The minimum atomic E-state index is -0.758. The van der Waals surface area contributed by atoms with E-state index in [9.17, 15) is 19.6 Å². The largest absolute Gasteiger partial charge is 0.482 e. The molecule has 2 aliphatic carbocycles. The summed E-state index contributed by atoms with van der Waals surface area (Å²) in [5, 5.41) is 13.1. The van der Waals surface area contributed by atoms with E-state index in [0.29, 0.717) is 35.2 Å². The van der Waals surface area contributed by atoms with E-state index in [1.54, 1.807) is 17.0 Å². The van der Waals surface area contributed by atoms with Gasteiger partial charge in [-0.3, -0.25) is 14.4 Å². The first kappa shape index (κ1) is 23.8. The molecule has 33 heavy (non-hydrogen) atoms. The minimum Gasteiger partial charge on any atom is -0.482 e. The van der Waals surface area contributed by atoms with Crippen LogP contribution in [-0.2, 0) is 14.4 Å². The predicted molar refractivity (Wildman–Crippen MR) is 123 cm³/mol. The second-order valence-corrected chi connectivity index (χ2v) is 10.6. The Morgan fingerprint density at radius 1 is 1.36 bits per heavy atom. The summed E-state index contributed by atoms with van der Waals surface area (Å²) in [6.45, 7) is 4.38. The first-order valence-corrected chi connectivity index (χ1v) is 12.0. The zero-order valence-electron chi connectivity index (χ0n) is 18.6. The highest BCUT2D eigenvalue weighted by Crippen LogP contribution is 2.64. The van der Waals surface area contributed by atoms with Crippen molar-refractivity contribution in [1.82, 2.24) is 10.2 Å². The highest BCUT2D eigenvalue weighted by Gasteiger charge is 2.69. The molecule has 1 aromatic carbocycles. The maximum atomic E-state index is 13.3. The molecular formula is C24H27Cl2N3O4. The summed E-state index contributed by atoms with van der Waals surface area (Å²) >= 11 is 12.0. The molecule has 9 heteroatoms. The van der Waals surface area contributed by atoms with Crippen molar-refractivity contribution in [3.05, 3.63) is 28.2 Å². The number of ether oxygens (including phenoxy) is 1. The number of fused-ring (bicyclic) bond motifs is 1. The average molecular weight is 492 g/mol. The van der Waals surface area contributed by atoms with Gasteiger partial charge in [0.15, 0.2) is 6.61 Å². The number of carbonyl (C=O) groups is 3. The van der Waals surface area contributed by atoms with Crippen LogP contribution in [0.1, 0.15) is 39.5 Å². The van der Waals surface area contributed by atoms with Gasteiger partial charge in [-0.1, -0.05) is 37.0 Å². The summed E-state index contributed by atoms with van der Waals surface area (Å²) < 4.78 is 5.60. The van der Waals surface area contributed by atoms with Gasteiger partial charge < -0.3 is 15.0 Å². The molecule has 7 nitrogen and oxygen atoms in total. The summed E-state index contributed by atoms with van der Waals surface area (Å²) in [6.07, 6.45) is 2.44. The van der Waals surface area contributed by atoms with Crippen LogP contribution in [0.15, 0.2) is 18.2 Å². The number of hydrogen-bond donors (Lipinski definition) is 1.